The third-order valence-electron chi connectivity index (χ3n) is 1.52. The maximum atomic E-state index is 2.26. The van der Waals surface area contributed by atoms with Gasteiger partial charge in [0.2, 0.25) is 0 Å². The van der Waals surface area contributed by atoms with E-state index in [-0.39, 0.29) is 0 Å². The van der Waals surface area contributed by atoms with E-state index in [0.29, 0.717) is 5.41 Å². The molecule has 0 N–H and O–H groups in total. The lowest BCUT2D eigenvalue weighted by atomic mass is 9.95. The molecule has 54 valence electrons. The van der Waals surface area contributed by atoms with Gasteiger partial charge in [-0.1, -0.05) is 38.3 Å². The highest BCUT2D eigenvalue weighted by Gasteiger charge is 2.03. The molecule has 1 heterocycles. The first kappa shape index (κ1) is 7.67. The van der Waals surface area contributed by atoms with E-state index in [1.807, 2.05) is 0 Å². The molecule has 1 aromatic rings. The summed E-state index contributed by atoms with van der Waals surface area (Å²) in [5.41, 5.74) is 2.60. The van der Waals surface area contributed by atoms with E-state index in [2.05, 4.69) is 44.6 Å². The first-order chi connectivity index (χ1) is 4.61. The van der Waals surface area contributed by atoms with Crippen LogP contribution < -0.4 is 0 Å². The first-order valence-electron chi connectivity index (χ1n) is 3.58. The minimum Gasteiger partial charge on any atom is -0.411 e. The van der Waals surface area contributed by atoms with Crippen LogP contribution in [0, 0.1) is 0 Å². The number of hydrogen-bond acceptors (Lipinski definition) is 0. The Balaban J connectivity index is 2.97. The Morgan fingerprint density at radius 2 is 1.90 bits per heavy atom. The van der Waals surface area contributed by atoms with E-state index in [1.165, 1.54) is 0 Å². The number of hydrogen-bond donors (Lipinski definition) is 0. The van der Waals surface area contributed by atoms with Crippen LogP contribution in [0.25, 0.3) is 0 Å². The second kappa shape index (κ2) is 2.66. The van der Waals surface area contributed by atoms with Gasteiger partial charge < -0.3 is 9.12 Å². The van der Waals surface area contributed by atoms with Crippen molar-refractivity contribution in [3.63, 3.8) is 0 Å². The predicted molar refractivity (Wildman–Crippen MR) is 46.5 cm³/mol. The average Bonchev–Trinajstić information content (AvgIpc) is 1.88. The quantitative estimate of drug-likeness (QED) is 0.497. The number of rotatable bonds is 0. The van der Waals surface area contributed by atoms with Crippen molar-refractivity contribution in [2.45, 2.75) is 26.2 Å². The highest BCUT2D eigenvalue weighted by atomic mass is 28.2. The van der Waals surface area contributed by atoms with E-state index >= 15 is 0 Å². The standard InChI is InChI=1S/C9H13Si/c1-9(2,3)8-6-4-5-7-10-8/h4-7H,1-3H3/q-1. The molecule has 1 rings (SSSR count). The molecule has 1 aromatic heterocycles. The van der Waals surface area contributed by atoms with Crippen LogP contribution in [-0.2, 0) is 5.41 Å². The topological polar surface area (TPSA) is 0 Å². The predicted octanol–water partition coefficient (Wildman–Crippen LogP) is 2.32. The van der Waals surface area contributed by atoms with E-state index < -0.39 is 0 Å². The summed E-state index contributed by atoms with van der Waals surface area (Å²) >= 11 is 0. The fourth-order valence-corrected chi connectivity index (χ4v) is 1.87. The molecule has 10 heavy (non-hydrogen) atoms. The molecule has 0 nitrogen and oxygen atoms in total. The van der Waals surface area contributed by atoms with Crippen molar-refractivity contribution in [1.82, 2.24) is 0 Å². The lowest BCUT2D eigenvalue weighted by Gasteiger charge is -2.27. The summed E-state index contributed by atoms with van der Waals surface area (Å²) in [6.07, 6.45) is 0. The largest absolute Gasteiger partial charge is 0.411 e. The fraction of sp³-hybridized carbons (Fsp3) is 0.444. The van der Waals surface area contributed by atoms with E-state index in [0.717, 1.165) is 9.12 Å². The highest BCUT2D eigenvalue weighted by Crippen LogP contribution is 2.17. The van der Waals surface area contributed by atoms with E-state index in [9.17, 15) is 0 Å². The Kier molecular flexibility index (Phi) is 2.04. The summed E-state index contributed by atoms with van der Waals surface area (Å²) in [6, 6.07) is 6.48. The van der Waals surface area contributed by atoms with Crippen LogP contribution in [0.1, 0.15) is 25.9 Å². The van der Waals surface area contributed by atoms with Gasteiger partial charge in [-0.25, -0.2) is 5.17 Å². The SMILES string of the molecule is CC(C)(C)c1cccc[si-]1. The van der Waals surface area contributed by atoms with Crippen molar-refractivity contribution in [3.05, 3.63) is 29.1 Å². The molecular formula is C9H13Si-. The Hall–Kier alpha value is -0.433. The van der Waals surface area contributed by atoms with Gasteiger partial charge in [0, 0.05) is 0 Å². The second-order valence-corrected chi connectivity index (χ2v) is 4.69. The Bertz CT molecular complexity index is 196. The fourth-order valence-electron chi connectivity index (χ4n) is 0.860. The maximum Gasteiger partial charge on any atom is -0.0501 e. The zero-order chi connectivity index (χ0) is 7.61. The molecule has 1 heteroatoms. The van der Waals surface area contributed by atoms with Gasteiger partial charge in [-0.2, -0.15) is 0 Å². The maximum absolute atomic E-state index is 2.26. The smallest absolute Gasteiger partial charge is 0.0501 e. The van der Waals surface area contributed by atoms with Crippen LogP contribution >= 0.6 is 0 Å². The van der Waals surface area contributed by atoms with Crippen LogP contribution in [0.5, 0.6) is 0 Å². The third kappa shape index (κ3) is 1.77. The summed E-state index contributed by atoms with van der Waals surface area (Å²) < 4.78 is 0. The first-order valence-corrected chi connectivity index (χ1v) is 4.65. The van der Waals surface area contributed by atoms with Gasteiger partial charge >= 0.3 is 0 Å². The Labute approximate surface area is 65.0 Å². The summed E-state index contributed by atoms with van der Waals surface area (Å²) in [7, 11) is 0.894. The highest BCUT2D eigenvalue weighted by molar-refractivity contribution is 6.31. The summed E-state index contributed by atoms with van der Waals surface area (Å²) in [5, 5.41) is 1.55. The molecule has 0 unspecified atom stereocenters. The lowest BCUT2D eigenvalue weighted by Crippen LogP contribution is -2.12. The second-order valence-electron chi connectivity index (χ2n) is 3.53. The molecule has 0 amide bonds. The molecule has 0 saturated carbocycles. The average molecular weight is 149 g/mol. The minimum absolute atomic E-state index is 0.361. The summed E-state index contributed by atoms with van der Waals surface area (Å²) in [4.78, 5) is 0. The van der Waals surface area contributed by atoms with Gasteiger partial charge in [0.15, 0.2) is 0 Å². The van der Waals surface area contributed by atoms with Gasteiger partial charge in [0.25, 0.3) is 0 Å². The molecule has 0 aliphatic heterocycles. The van der Waals surface area contributed by atoms with E-state index in [4.69, 9.17) is 0 Å². The van der Waals surface area contributed by atoms with Crippen LogP contribution in [0.3, 0.4) is 0 Å². The summed E-state index contributed by atoms with van der Waals surface area (Å²) in [5.74, 6) is 0. The Morgan fingerprint density at radius 1 is 1.20 bits per heavy atom. The molecule has 0 aromatic carbocycles. The van der Waals surface area contributed by atoms with E-state index in [1.54, 1.807) is 5.17 Å². The third-order valence-corrected chi connectivity index (χ3v) is 3.10. The molecule has 0 bridgehead atoms. The van der Waals surface area contributed by atoms with Gasteiger partial charge in [-0.3, -0.25) is 5.68 Å². The van der Waals surface area contributed by atoms with Gasteiger partial charge in [0.05, 0.1) is 0 Å². The minimum atomic E-state index is 0.361. The van der Waals surface area contributed by atoms with Gasteiger partial charge in [-0.15, -0.1) is 6.07 Å². The van der Waals surface area contributed by atoms with Crippen molar-refractivity contribution in [2.75, 3.05) is 0 Å². The Morgan fingerprint density at radius 3 is 2.20 bits per heavy atom. The molecule has 0 aliphatic rings. The zero-order valence-corrected chi connectivity index (χ0v) is 7.81. The van der Waals surface area contributed by atoms with Gasteiger partial charge in [0.1, 0.15) is 0 Å². The van der Waals surface area contributed by atoms with Crippen LogP contribution in [0.4, 0.5) is 0 Å². The van der Waals surface area contributed by atoms with Crippen molar-refractivity contribution in [1.29, 1.82) is 0 Å². The lowest BCUT2D eigenvalue weighted by molar-refractivity contribution is 0.601. The van der Waals surface area contributed by atoms with Gasteiger partial charge in [-0.05, 0) is 0 Å². The van der Waals surface area contributed by atoms with Crippen LogP contribution in [0.2, 0.25) is 0 Å². The molecule has 0 saturated heterocycles. The molecule has 0 atom stereocenters. The van der Waals surface area contributed by atoms with Crippen molar-refractivity contribution in [3.8, 4) is 0 Å². The zero-order valence-electron chi connectivity index (χ0n) is 6.81. The molecule has 0 aliphatic carbocycles. The van der Waals surface area contributed by atoms with Crippen LogP contribution in [0.15, 0.2) is 23.9 Å². The van der Waals surface area contributed by atoms with Crippen molar-refractivity contribution in [2.24, 2.45) is 0 Å². The molecule has 0 fully saturated rings. The van der Waals surface area contributed by atoms with Crippen molar-refractivity contribution < 1.29 is 0 Å². The molecule has 0 spiro atoms. The summed E-state index contributed by atoms with van der Waals surface area (Å²) in [6.45, 7) is 6.79. The molecular weight excluding hydrogens is 136 g/mol. The van der Waals surface area contributed by atoms with Crippen molar-refractivity contribution >= 4 is 9.12 Å². The van der Waals surface area contributed by atoms with Crippen LogP contribution in [-0.4, -0.2) is 9.12 Å². The normalized spacial score (nSPS) is 11.5. The monoisotopic (exact) mass is 149 g/mol. The molecule has 0 radical (unpaired) electrons.